The lowest BCUT2D eigenvalue weighted by Gasteiger charge is -2.25. The predicted octanol–water partition coefficient (Wildman–Crippen LogP) is 4.92. The lowest BCUT2D eigenvalue weighted by molar-refractivity contribution is 0.0983. The zero-order valence-electron chi connectivity index (χ0n) is 23.7. The number of halogens is 1. The number of sulfone groups is 1. The molecule has 13 heteroatoms. The number of thiazole rings is 1. The van der Waals surface area contributed by atoms with Crippen LogP contribution in [0.25, 0.3) is 10.2 Å². The Morgan fingerprint density at radius 1 is 0.825 bits per heavy atom. The number of anilines is 1. The van der Waals surface area contributed by atoms with Gasteiger partial charge in [0.1, 0.15) is 0 Å². The molecule has 0 spiro atoms. The number of benzene rings is 2. The van der Waals surface area contributed by atoms with E-state index in [2.05, 4.69) is 23.7 Å². The normalized spacial score (nSPS) is 12.2. The van der Waals surface area contributed by atoms with Gasteiger partial charge in [-0.2, -0.15) is 4.31 Å². The Morgan fingerprint density at radius 2 is 1.40 bits per heavy atom. The Bertz CT molecular complexity index is 1480. The first-order valence-corrected chi connectivity index (χ1v) is 17.4. The Morgan fingerprint density at radius 3 is 1.93 bits per heavy atom. The molecule has 0 fully saturated rings. The van der Waals surface area contributed by atoms with Gasteiger partial charge in [0.25, 0.3) is 5.91 Å². The van der Waals surface area contributed by atoms with E-state index in [1.165, 1.54) is 33.8 Å². The van der Waals surface area contributed by atoms with E-state index < -0.39 is 19.9 Å². The molecule has 0 aliphatic heterocycles. The van der Waals surface area contributed by atoms with E-state index in [4.69, 9.17) is 0 Å². The molecule has 9 nitrogen and oxygen atoms in total. The van der Waals surface area contributed by atoms with E-state index in [9.17, 15) is 21.6 Å². The summed E-state index contributed by atoms with van der Waals surface area (Å²) in [6, 6.07) is 10.8. The third-order valence-electron chi connectivity index (χ3n) is 6.47. The van der Waals surface area contributed by atoms with Crippen molar-refractivity contribution in [3.05, 3.63) is 48.0 Å². The van der Waals surface area contributed by atoms with Crippen molar-refractivity contribution in [2.24, 2.45) is 0 Å². The number of fused-ring (bicyclic) bond motifs is 1. The van der Waals surface area contributed by atoms with Crippen molar-refractivity contribution in [2.45, 2.75) is 50.3 Å². The fraction of sp³-hybridized carbons (Fsp3) is 0.481. The molecule has 0 bridgehead atoms. The molecule has 0 saturated heterocycles. The van der Waals surface area contributed by atoms with E-state index in [0.29, 0.717) is 59.9 Å². The molecule has 2 aromatic carbocycles. The van der Waals surface area contributed by atoms with E-state index in [0.717, 1.165) is 19.3 Å². The summed E-state index contributed by atoms with van der Waals surface area (Å²) in [7, 11) is -7.04. The first-order valence-electron chi connectivity index (χ1n) is 13.2. The summed E-state index contributed by atoms with van der Waals surface area (Å²) in [5.74, 6) is -0.299. The lowest BCUT2D eigenvalue weighted by atomic mass is 10.2. The minimum absolute atomic E-state index is 0. The summed E-state index contributed by atoms with van der Waals surface area (Å²) in [6.45, 7) is 11.5. The minimum atomic E-state index is -3.66. The SMILES string of the molecule is CCCN(CCC)S(=O)(=O)c1ccc(C(=O)N(CCN(CC)CC)c2nc3ccc(S(C)(=O)=O)cc3s2)cc1.Cl. The molecule has 0 aliphatic carbocycles. The number of hydrogen-bond acceptors (Lipinski definition) is 8. The second kappa shape index (κ2) is 14.7. The number of nitrogens with zero attached hydrogens (tertiary/aromatic N) is 4. The molecule has 0 N–H and O–H groups in total. The second-order valence-electron chi connectivity index (χ2n) is 9.31. The predicted molar refractivity (Wildman–Crippen MR) is 165 cm³/mol. The molecule has 3 aromatic rings. The van der Waals surface area contributed by atoms with Crippen LogP contribution in [0.5, 0.6) is 0 Å². The van der Waals surface area contributed by atoms with Gasteiger partial charge in [0.15, 0.2) is 15.0 Å². The van der Waals surface area contributed by atoms with Gasteiger partial charge in [-0.05, 0) is 68.4 Å². The van der Waals surface area contributed by atoms with Crippen molar-refractivity contribution in [1.82, 2.24) is 14.2 Å². The summed E-state index contributed by atoms with van der Waals surface area (Å²) < 4.78 is 52.5. The van der Waals surface area contributed by atoms with Crippen molar-refractivity contribution in [1.29, 1.82) is 0 Å². The van der Waals surface area contributed by atoms with Crippen molar-refractivity contribution < 1.29 is 21.6 Å². The number of rotatable bonds is 14. The van der Waals surface area contributed by atoms with Crippen LogP contribution in [-0.4, -0.2) is 82.5 Å². The molecule has 3 rings (SSSR count). The van der Waals surface area contributed by atoms with Crippen molar-refractivity contribution >= 4 is 64.9 Å². The van der Waals surface area contributed by atoms with Crippen LogP contribution in [0.2, 0.25) is 0 Å². The highest BCUT2D eigenvalue weighted by Gasteiger charge is 2.26. The quantitative estimate of drug-likeness (QED) is 0.249. The number of aromatic nitrogens is 1. The Hall–Kier alpha value is -2.09. The van der Waals surface area contributed by atoms with E-state index in [-0.39, 0.29) is 28.1 Å². The first kappa shape index (κ1) is 34.1. The van der Waals surface area contributed by atoms with Crippen molar-refractivity contribution in [3.8, 4) is 0 Å². The smallest absolute Gasteiger partial charge is 0.260 e. The third-order valence-corrected chi connectivity index (χ3v) is 10.5. The average molecular weight is 631 g/mol. The van der Waals surface area contributed by atoms with E-state index in [1.807, 2.05) is 13.8 Å². The molecule has 0 radical (unpaired) electrons. The molecule has 1 aromatic heterocycles. The first-order chi connectivity index (χ1) is 18.5. The average Bonchev–Trinajstić information content (AvgIpc) is 3.33. The second-order valence-corrected chi connectivity index (χ2v) is 14.3. The summed E-state index contributed by atoms with van der Waals surface area (Å²) in [5.41, 5.74) is 0.957. The van der Waals surface area contributed by atoms with Crippen LogP contribution in [0.1, 0.15) is 50.9 Å². The molecular weight excluding hydrogens is 592 g/mol. The Balaban J connectivity index is 0.00000560. The molecule has 1 heterocycles. The van der Waals surface area contributed by atoms with Crippen LogP contribution in [0, 0.1) is 0 Å². The highest BCUT2D eigenvalue weighted by atomic mass is 35.5. The van der Waals surface area contributed by atoms with Gasteiger partial charge in [-0.15, -0.1) is 12.4 Å². The summed E-state index contributed by atoms with van der Waals surface area (Å²) in [6.07, 6.45) is 2.58. The molecule has 222 valence electrons. The Labute approximate surface area is 248 Å². The monoisotopic (exact) mass is 630 g/mol. The summed E-state index contributed by atoms with van der Waals surface area (Å²) >= 11 is 1.26. The maximum Gasteiger partial charge on any atom is 0.260 e. The van der Waals surface area contributed by atoms with Crippen LogP contribution in [0.4, 0.5) is 5.13 Å². The molecule has 40 heavy (non-hydrogen) atoms. The molecule has 0 atom stereocenters. The van der Waals surface area contributed by atoms with Gasteiger partial charge in [0, 0.05) is 38.0 Å². The van der Waals surface area contributed by atoms with Crippen LogP contribution >= 0.6 is 23.7 Å². The molecular formula is C27H39ClN4O5S3. The van der Waals surface area contributed by atoms with Gasteiger partial charge in [-0.3, -0.25) is 9.69 Å². The number of carbonyl (C=O) groups excluding carboxylic acids is 1. The highest BCUT2D eigenvalue weighted by molar-refractivity contribution is 7.90. The van der Waals surface area contributed by atoms with Crippen LogP contribution in [-0.2, 0) is 19.9 Å². The molecule has 0 unspecified atom stereocenters. The summed E-state index contributed by atoms with van der Waals surface area (Å²) in [5, 5.41) is 0.460. The number of sulfonamides is 1. The van der Waals surface area contributed by atoms with Crippen LogP contribution < -0.4 is 4.90 Å². The van der Waals surface area contributed by atoms with E-state index >= 15 is 0 Å². The lowest BCUT2D eigenvalue weighted by Crippen LogP contribution is -2.39. The number of likely N-dealkylation sites (N-methyl/N-ethyl adjacent to an activating group) is 1. The fourth-order valence-electron chi connectivity index (χ4n) is 4.23. The number of carbonyl (C=O) groups is 1. The van der Waals surface area contributed by atoms with Crippen LogP contribution in [0.15, 0.2) is 52.3 Å². The van der Waals surface area contributed by atoms with E-state index in [1.54, 1.807) is 29.2 Å². The zero-order valence-corrected chi connectivity index (χ0v) is 26.9. The van der Waals surface area contributed by atoms with Gasteiger partial charge >= 0.3 is 0 Å². The van der Waals surface area contributed by atoms with Gasteiger partial charge in [0.2, 0.25) is 10.0 Å². The summed E-state index contributed by atoms with van der Waals surface area (Å²) in [4.78, 5) is 22.5. The number of hydrogen-bond donors (Lipinski definition) is 0. The minimum Gasteiger partial charge on any atom is -0.302 e. The molecule has 1 amide bonds. The highest BCUT2D eigenvalue weighted by Crippen LogP contribution is 2.31. The zero-order chi connectivity index (χ0) is 28.8. The standard InChI is InChI=1S/C27H38N4O5S3.ClH/c1-6-16-30(17-7-2)39(35,36)22-12-10-21(11-13-22)26(32)31(19-18-29(8-3)9-4)27-28-24-15-14-23(38(5,33)34)20-25(24)37-27;/h10-15,20H,6-9,16-19H2,1-5H3;1H. The fourth-order valence-corrected chi connectivity index (χ4v) is 7.60. The van der Waals surface area contributed by atoms with Crippen LogP contribution in [0.3, 0.4) is 0 Å². The topological polar surface area (TPSA) is 108 Å². The third kappa shape index (κ3) is 8.01. The Kier molecular flexibility index (Phi) is 12.5. The van der Waals surface area contributed by atoms with Crippen molar-refractivity contribution in [2.75, 3.05) is 50.4 Å². The van der Waals surface area contributed by atoms with Gasteiger partial charge in [0.05, 0.1) is 20.0 Å². The van der Waals surface area contributed by atoms with Gasteiger partial charge in [-0.1, -0.05) is 39.0 Å². The largest absolute Gasteiger partial charge is 0.302 e. The molecule has 0 aliphatic rings. The number of amides is 1. The maximum atomic E-state index is 13.8. The molecule has 0 saturated carbocycles. The maximum absolute atomic E-state index is 13.8. The van der Waals surface area contributed by atoms with Gasteiger partial charge in [-0.25, -0.2) is 21.8 Å². The van der Waals surface area contributed by atoms with Crippen molar-refractivity contribution in [3.63, 3.8) is 0 Å². The van der Waals surface area contributed by atoms with Gasteiger partial charge < -0.3 is 4.90 Å².